The standard InChI is InChI=1S/C8H6ClN3O2/c9-4-1-3-6(2-5(4)10)11-8(14)12-7(3)13/h1-2H,10H2,(H2,11,12,13,14). The van der Waals surface area contributed by atoms with Crippen molar-refractivity contribution in [2.75, 3.05) is 5.73 Å². The molecule has 0 spiro atoms. The molecule has 0 atom stereocenters. The van der Waals surface area contributed by atoms with Gasteiger partial charge in [0.2, 0.25) is 5.88 Å². The zero-order valence-corrected chi connectivity index (χ0v) is 7.65. The average molecular weight is 212 g/mol. The highest BCUT2D eigenvalue weighted by Crippen LogP contribution is 2.30. The van der Waals surface area contributed by atoms with E-state index in [1.165, 1.54) is 12.1 Å². The number of nitrogens with two attached hydrogens (primary N) is 1. The first-order valence-corrected chi connectivity index (χ1v) is 4.10. The first-order chi connectivity index (χ1) is 6.58. The van der Waals surface area contributed by atoms with Gasteiger partial charge < -0.3 is 15.9 Å². The van der Waals surface area contributed by atoms with Crippen molar-refractivity contribution in [3.63, 3.8) is 0 Å². The van der Waals surface area contributed by atoms with Crippen LogP contribution in [-0.2, 0) is 0 Å². The summed E-state index contributed by atoms with van der Waals surface area (Å²) in [5.74, 6) is -0.325. The fourth-order valence-electron chi connectivity index (χ4n) is 1.14. The molecule has 1 aromatic heterocycles. The van der Waals surface area contributed by atoms with Crippen LogP contribution in [0.3, 0.4) is 0 Å². The summed E-state index contributed by atoms with van der Waals surface area (Å²) in [6, 6.07) is 2.40. The van der Waals surface area contributed by atoms with E-state index >= 15 is 0 Å². The van der Waals surface area contributed by atoms with E-state index in [9.17, 15) is 5.11 Å². The zero-order chi connectivity index (χ0) is 10.3. The van der Waals surface area contributed by atoms with Crippen LogP contribution >= 0.6 is 11.6 Å². The summed E-state index contributed by atoms with van der Waals surface area (Å²) < 4.78 is 0. The van der Waals surface area contributed by atoms with Crippen molar-refractivity contribution in [3.05, 3.63) is 17.2 Å². The van der Waals surface area contributed by atoms with Gasteiger partial charge in [-0.2, -0.15) is 9.97 Å². The van der Waals surface area contributed by atoms with Crippen LogP contribution < -0.4 is 5.73 Å². The number of fused-ring (bicyclic) bond motifs is 1. The Hall–Kier alpha value is -1.75. The summed E-state index contributed by atoms with van der Waals surface area (Å²) in [6.45, 7) is 0. The molecule has 0 saturated carbocycles. The number of anilines is 1. The Morgan fingerprint density at radius 1 is 1.21 bits per heavy atom. The van der Waals surface area contributed by atoms with Crippen molar-refractivity contribution >= 4 is 28.2 Å². The van der Waals surface area contributed by atoms with Gasteiger partial charge in [-0.3, -0.25) is 0 Å². The summed E-state index contributed by atoms with van der Waals surface area (Å²) in [4.78, 5) is 7.06. The maximum Gasteiger partial charge on any atom is 0.317 e. The minimum absolute atomic E-state index is 0.307. The molecule has 6 heteroatoms. The molecule has 0 saturated heterocycles. The van der Waals surface area contributed by atoms with Crippen LogP contribution in [0.25, 0.3) is 10.9 Å². The molecule has 4 N–H and O–H groups in total. The number of hydrogen-bond donors (Lipinski definition) is 3. The van der Waals surface area contributed by atoms with E-state index in [1.54, 1.807) is 0 Å². The molecule has 0 unspecified atom stereocenters. The van der Waals surface area contributed by atoms with Crippen molar-refractivity contribution in [1.82, 2.24) is 9.97 Å². The molecule has 72 valence electrons. The Morgan fingerprint density at radius 2 is 1.93 bits per heavy atom. The lowest BCUT2D eigenvalue weighted by Gasteiger charge is -2.03. The third-order valence-electron chi connectivity index (χ3n) is 1.78. The van der Waals surface area contributed by atoms with Crippen LogP contribution in [0.2, 0.25) is 5.02 Å². The second-order valence-electron chi connectivity index (χ2n) is 2.74. The zero-order valence-electron chi connectivity index (χ0n) is 6.90. The number of rotatable bonds is 0. The van der Waals surface area contributed by atoms with Crippen LogP contribution in [-0.4, -0.2) is 20.2 Å². The molecule has 0 aliphatic heterocycles. The molecule has 0 fully saturated rings. The number of nitrogens with zero attached hydrogens (tertiary/aromatic N) is 2. The van der Waals surface area contributed by atoms with E-state index < -0.39 is 6.01 Å². The van der Waals surface area contributed by atoms with Crippen molar-refractivity contribution < 1.29 is 10.2 Å². The van der Waals surface area contributed by atoms with Gasteiger partial charge in [-0.05, 0) is 12.1 Å². The topological polar surface area (TPSA) is 92.3 Å². The molecular formula is C8H6ClN3O2. The van der Waals surface area contributed by atoms with Crippen LogP contribution in [0, 0.1) is 0 Å². The van der Waals surface area contributed by atoms with E-state index in [4.69, 9.17) is 22.4 Å². The van der Waals surface area contributed by atoms with Gasteiger partial charge in [0.05, 0.1) is 21.6 Å². The van der Waals surface area contributed by atoms with Crippen LogP contribution in [0.1, 0.15) is 0 Å². The summed E-state index contributed by atoms with van der Waals surface area (Å²) in [7, 11) is 0. The SMILES string of the molecule is Nc1cc2nc(O)nc(O)c2cc1Cl. The Labute approximate surface area is 83.8 Å². The van der Waals surface area contributed by atoms with Gasteiger partial charge >= 0.3 is 6.01 Å². The molecule has 14 heavy (non-hydrogen) atoms. The van der Waals surface area contributed by atoms with Gasteiger partial charge in [0, 0.05) is 0 Å². The summed E-state index contributed by atoms with van der Waals surface area (Å²) in [5, 5.41) is 19.0. The molecule has 0 radical (unpaired) electrons. The smallest absolute Gasteiger partial charge is 0.317 e. The Balaban J connectivity index is 2.89. The Morgan fingerprint density at radius 3 is 2.64 bits per heavy atom. The molecule has 0 aliphatic rings. The Kier molecular flexibility index (Phi) is 1.82. The molecule has 1 aromatic carbocycles. The minimum Gasteiger partial charge on any atom is -0.493 e. The number of aromatic hydroxyl groups is 2. The van der Waals surface area contributed by atoms with E-state index in [0.717, 1.165) is 0 Å². The van der Waals surface area contributed by atoms with Crippen molar-refractivity contribution in [2.45, 2.75) is 0 Å². The molecule has 5 nitrogen and oxygen atoms in total. The van der Waals surface area contributed by atoms with E-state index in [2.05, 4.69) is 9.97 Å². The van der Waals surface area contributed by atoms with Crippen LogP contribution in [0.4, 0.5) is 5.69 Å². The minimum atomic E-state index is -0.503. The molecule has 2 aromatic rings. The molecule has 0 bridgehead atoms. The number of hydrogen-bond acceptors (Lipinski definition) is 5. The third-order valence-corrected chi connectivity index (χ3v) is 2.11. The molecule has 0 amide bonds. The van der Waals surface area contributed by atoms with E-state index in [1.807, 2.05) is 0 Å². The summed E-state index contributed by atoms with van der Waals surface area (Å²) in [5.41, 5.74) is 6.21. The monoisotopic (exact) mass is 211 g/mol. The first-order valence-electron chi connectivity index (χ1n) is 3.72. The lowest BCUT2D eigenvalue weighted by Crippen LogP contribution is -1.90. The maximum atomic E-state index is 9.36. The highest BCUT2D eigenvalue weighted by atomic mass is 35.5. The van der Waals surface area contributed by atoms with Crippen molar-refractivity contribution in [2.24, 2.45) is 0 Å². The molecule has 1 heterocycles. The van der Waals surface area contributed by atoms with Crippen LogP contribution in [0.5, 0.6) is 11.9 Å². The third kappa shape index (κ3) is 1.27. The van der Waals surface area contributed by atoms with Crippen LogP contribution in [0.15, 0.2) is 12.1 Å². The lowest BCUT2D eigenvalue weighted by molar-refractivity contribution is 0.403. The summed E-state index contributed by atoms with van der Waals surface area (Å²) >= 11 is 5.75. The predicted octanol–water partition coefficient (Wildman–Crippen LogP) is 1.28. The number of nitrogen functional groups attached to an aromatic ring is 1. The highest BCUT2D eigenvalue weighted by molar-refractivity contribution is 6.34. The van der Waals surface area contributed by atoms with Crippen molar-refractivity contribution in [1.29, 1.82) is 0 Å². The normalized spacial score (nSPS) is 10.6. The average Bonchev–Trinajstić information content (AvgIpc) is 2.08. The van der Waals surface area contributed by atoms with Crippen molar-refractivity contribution in [3.8, 4) is 11.9 Å². The largest absolute Gasteiger partial charge is 0.493 e. The Bertz CT molecular complexity index is 515. The van der Waals surface area contributed by atoms with Gasteiger partial charge in [-0.25, -0.2) is 0 Å². The predicted molar refractivity (Wildman–Crippen MR) is 52.3 cm³/mol. The van der Waals surface area contributed by atoms with Gasteiger partial charge in [-0.1, -0.05) is 11.6 Å². The molecular weight excluding hydrogens is 206 g/mol. The molecule has 0 aliphatic carbocycles. The lowest BCUT2D eigenvalue weighted by atomic mass is 10.2. The van der Waals surface area contributed by atoms with E-state index in [-0.39, 0.29) is 5.88 Å². The second kappa shape index (κ2) is 2.88. The molecule has 2 rings (SSSR count). The van der Waals surface area contributed by atoms with E-state index in [0.29, 0.717) is 21.6 Å². The number of benzene rings is 1. The number of aromatic nitrogens is 2. The first kappa shape index (κ1) is 8.83. The van der Waals surface area contributed by atoms with Gasteiger partial charge in [0.1, 0.15) is 0 Å². The fraction of sp³-hybridized carbons (Fsp3) is 0. The van der Waals surface area contributed by atoms with Gasteiger partial charge in [0.15, 0.2) is 0 Å². The second-order valence-corrected chi connectivity index (χ2v) is 3.15. The van der Waals surface area contributed by atoms with Gasteiger partial charge in [-0.15, -0.1) is 0 Å². The number of halogens is 1. The summed E-state index contributed by atoms with van der Waals surface area (Å²) in [6.07, 6.45) is 0. The quantitative estimate of drug-likeness (QED) is 0.571. The fourth-order valence-corrected chi connectivity index (χ4v) is 1.30. The maximum absolute atomic E-state index is 9.36. The van der Waals surface area contributed by atoms with Gasteiger partial charge in [0.25, 0.3) is 0 Å². The highest BCUT2D eigenvalue weighted by Gasteiger charge is 2.08.